The highest BCUT2D eigenvalue weighted by atomic mass is 79.9. The Morgan fingerprint density at radius 2 is 2.00 bits per heavy atom. The monoisotopic (exact) mass is 336 g/mol. The van der Waals surface area contributed by atoms with E-state index in [1.54, 1.807) is 11.9 Å². The molecule has 1 rings (SSSR count). The maximum absolute atomic E-state index is 11.7. The van der Waals surface area contributed by atoms with Gasteiger partial charge in [0.05, 0.1) is 0 Å². The van der Waals surface area contributed by atoms with Crippen molar-refractivity contribution in [2.24, 2.45) is 5.73 Å². The van der Waals surface area contributed by atoms with Gasteiger partial charge in [0.1, 0.15) is 5.75 Å². The van der Waals surface area contributed by atoms with E-state index in [9.17, 15) is 4.79 Å². The van der Waals surface area contributed by atoms with Crippen LogP contribution in [0.1, 0.15) is 6.92 Å². The predicted molar refractivity (Wildman–Crippen MR) is 78.2 cm³/mol. The molecule has 0 spiro atoms. The van der Waals surface area contributed by atoms with Crippen LogP contribution in [0.15, 0.2) is 28.7 Å². The second kappa shape index (κ2) is 8.34. The Balaban J connectivity index is 0.00000289. The van der Waals surface area contributed by atoms with E-state index >= 15 is 0 Å². The van der Waals surface area contributed by atoms with Crippen LogP contribution < -0.4 is 10.5 Å². The third kappa shape index (κ3) is 5.25. The topological polar surface area (TPSA) is 55.6 Å². The zero-order valence-electron chi connectivity index (χ0n) is 10.4. The van der Waals surface area contributed by atoms with Crippen molar-refractivity contribution < 1.29 is 9.53 Å². The Labute approximate surface area is 122 Å². The summed E-state index contributed by atoms with van der Waals surface area (Å²) in [5.74, 6) is 0.598. The van der Waals surface area contributed by atoms with E-state index in [4.69, 9.17) is 10.5 Å². The third-order valence-corrected chi connectivity index (χ3v) is 3.10. The molecule has 0 saturated heterocycles. The molecule has 6 heteroatoms. The molecule has 1 atom stereocenters. The van der Waals surface area contributed by atoms with Gasteiger partial charge in [0.2, 0.25) is 0 Å². The fraction of sp³-hybridized carbons (Fsp3) is 0.417. The lowest BCUT2D eigenvalue weighted by molar-refractivity contribution is -0.133. The lowest BCUT2D eigenvalue weighted by atomic mass is 10.3. The van der Waals surface area contributed by atoms with Crippen molar-refractivity contribution in [2.45, 2.75) is 13.0 Å². The summed E-state index contributed by atoms with van der Waals surface area (Å²) in [6.07, 6.45) is 0. The quantitative estimate of drug-likeness (QED) is 0.895. The summed E-state index contributed by atoms with van der Waals surface area (Å²) in [5, 5.41) is 0. The molecule has 18 heavy (non-hydrogen) atoms. The summed E-state index contributed by atoms with van der Waals surface area (Å²) in [6.45, 7) is 2.38. The summed E-state index contributed by atoms with van der Waals surface area (Å²) in [5.41, 5.74) is 5.49. The average molecular weight is 338 g/mol. The SMILES string of the molecule is CC(CN)N(C)C(=O)COc1ccc(Br)cc1.Cl. The fourth-order valence-electron chi connectivity index (χ4n) is 1.18. The van der Waals surface area contributed by atoms with Gasteiger partial charge >= 0.3 is 0 Å². The molecule has 1 unspecified atom stereocenters. The number of hydrogen-bond acceptors (Lipinski definition) is 3. The molecule has 0 aromatic heterocycles. The van der Waals surface area contributed by atoms with Crippen molar-refractivity contribution in [3.05, 3.63) is 28.7 Å². The highest BCUT2D eigenvalue weighted by Gasteiger charge is 2.14. The van der Waals surface area contributed by atoms with E-state index in [0.29, 0.717) is 12.3 Å². The first-order chi connectivity index (χ1) is 8.04. The number of hydrogen-bond donors (Lipinski definition) is 1. The summed E-state index contributed by atoms with van der Waals surface area (Å²) in [4.78, 5) is 13.3. The van der Waals surface area contributed by atoms with E-state index in [1.165, 1.54) is 0 Å². The van der Waals surface area contributed by atoms with Gasteiger partial charge in [0, 0.05) is 24.1 Å². The molecular formula is C12H18BrClN2O2. The molecule has 1 amide bonds. The lowest BCUT2D eigenvalue weighted by Gasteiger charge is -2.23. The standard InChI is InChI=1S/C12H17BrN2O2.ClH/c1-9(7-14)15(2)12(16)8-17-11-5-3-10(13)4-6-11;/h3-6,9H,7-8,14H2,1-2H3;1H. The molecular weight excluding hydrogens is 320 g/mol. The molecule has 0 fully saturated rings. The number of amides is 1. The van der Waals surface area contributed by atoms with Crippen molar-refractivity contribution in [3.63, 3.8) is 0 Å². The number of carbonyl (C=O) groups excluding carboxylic acids is 1. The normalized spacial score (nSPS) is 11.3. The Morgan fingerprint density at radius 3 is 2.50 bits per heavy atom. The Hall–Kier alpha value is -0.780. The van der Waals surface area contributed by atoms with Crippen LogP contribution in [0, 0.1) is 0 Å². The first-order valence-corrected chi connectivity index (χ1v) is 6.18. The molecule has 102 valence electrons. The number of carbonyl (C=O) groups is 1. The smallest absolute Gasteiger partial charge is 0.260 e. The summed E-state index contributed by atoms with van der Waals surface area (Å²) in [6, 6.07) is 7.38. The van der Waals surface area contributed by atoms with Crippen molar-refractivity contribution in [3.8, 4) is 5.75 Å². The van der Waals surface area contributed by atoms with Crippen molar-refractivity contribution in [1.82, 2.24) is 4.90 Å². The van der Waals surface area contributed by atoms with Crippen LogP contribution in [-0.4, -0.2) is 37.0 Å². The van der Waals surface area contributed by atoms with Crippen LogP contribution in [0.2, 0.25) is 0 Å². The Bertz CT molecular complexity index is 373. The van der Waals surface area contributed by atoms with Crippen molar-refractivity contribution >= 4 is 34.2 Å². The number of halogens is 2. The second-order valence-corrected chi connectivity index (χ2v) is 4.75. The Morgan fingerprint density at radius 1 is 1.44 bits per heavy atom. The van der Waals surface area contributed by atoms with Crippen molar-refractivity contribution in [1.29, 1.82) is 0 Å². The maximum atomic E-state index is 11.7. The fourth-order valence-corrected chi connectivity index (χ4v) is 1.45. The minimum Gasteiger partial charge on any atom is -0.484 e. The molecule has 4 nitrogen and oxygen atoms in total. The number of benzene rings is 1. The van der Waals surface area contributed by atoms with Crippen LogP contribution in [0.5, 0.6) is 5.75 Å². The third-order valence-electron chi connectivity index (χ3n) is 2.57. The van der Waals surface area contributed by atoms with Gasteiger partial charge in [-0.05, 0) is 31.2 Å². The van der Waals surface area contributed by atoms with E-state index in [2.05, 4.69) is 15.9 Å². The van der Waals surface area contributed by atoms with E-state index in [-0.39, 0.29) is 31.0 Å². The highest BCUT2D eigenvalue weighted by Crippen LogP contribution is 2.16. The van der Waals surface area contributed by atoms with Gasteiger partial charge in [-0.1, -0.05) is 15.9 Å². The number of nitrogens with two attached hydrogens (primary N) is 1. The van der Waals surface area contributed by atoms with Gasteiger partial charge in [0.15, 0.2) is 6.61 Å². The van der Waals surface area contributed by atoms with Crippen LogP contribution in [0.3, 0.4) is 0 Å². The maximum Gasteiger partial charge on any atom is 0.260 e. The molecule has 0 bridgehead atoms. The summed E-state index contributed by atoms with van der Waals surface area (Å²) in [7, 11) is 1.73. The number of nitrogens with zero attached hydrogens (tertiary/aromatic N) is 1. The van der Waals surface area contributed by atoms with Gasteiger partial charge in [-0.3, -0.25) is 4.79 Å². The van der Waals surface area contributed by atoms with Gasteiger partial charge < -0.3 is 15.4 Å². The van der Waals surface area contributed by atoms with Gasteiger partial charge in [-0.15, -0.1) is 12.4 Å². The summed E-state index contributed by atoms with van der Waals surface area (Å²) >= 11 is 3.33. The average Bonchev–Trinajstić information content (AvgIpc) is 2.35. The molecule has 1 aromatic carbocycles. The van der Waals surface area contributed by atoms with Gasteiger partial charge in [0.25, 0.3) is 5.91 Å². The number of rotatable bonds is 5. The first kappa shape index (κ1) is 17.2. The summed E-state index contributed by atoms with van der Waals surface area (Å²) < 4.78 is 6.36. The van der Waals surface area contributed by atoms with E-state index < -0.39 is 0 Å². The molecule has 1 aromatic rings. The zero-order chi connectivity index (χ0) is 12.8. The molecule has 0 radical (unpaired) electrons. The minimum absolute atomic E-state index is 0. The molecule has 0 aliphatic carbocycles. The highest BCUT2D eigenvalue weighted by molar-refractivity contribution is 9.10. The number of likely N-dealkylation sites (N-methyl/N-ethyl adjacent to an activating group) is 1. The molecule has 0 aliphatic heterocycles. The van der Waals surface area contributed by atoms with Gasteiger partial charge in [-0.25, -0.2) is 0 Å². The minimum atomic E-state index is -0.0779. The van der Waals surface area contributed by atoms with Crippen molar-refractivity contribution in [2.75, 3.05) is 20.2 Å². The predicted octanol–water partition coefficient (Wildman–Crippen LogP) is 2.06. The number of ether oxygens (including phenoxy) is 1. The second-order valence-electron chi connectivity index (χ2n) is 3.83. The molecule has 0 aliphatic rings. The largest absolute Gasteiger partial charge is 0.484 e. The molecule has 0 saturated carbocycles. The Kier molecular flexibility index (Phi) is 7.98. The zero-order valence-corrected chi connectivity index (χ0v) is 12.8. The van der Waals surface area contributed by atoms with Crippen LogP contribution in [0.4, 0.5) is 0 Å². The van der Waals surface area contributed by atoms with Crippen LogP contribution in [0.25, 0.3) is 0 Å². The van der Waals surface area contributed by atoms with Gasteiger partial charge in [-0.2, -0.15) is 0 Å². The van der Waals surface area contributed by atoms with Crippen LogP contribution in [-0.2, 0) is 4.79 Å². The lowest BCUT2D eigenvalue weighted by Crippen LogP contribution is -2.42. The van der Waals surface area contributed by atoms with E-state index in [0.717, 1.165) is 4.47 Å². The van der Waals surface area contributed by atoms with Crippen LogP contribution >= 0.6 is 28.3 Å². The first-order valence-electron chi connectivity index (χ1n) is 5.38. The van der Waals surface area contributed by atoms with E-state index in [1.807, 2.05) is 31.2 Å². The molecule has 2 N–H and O–H groups in total. The molecule has 0 heterocycles.